The number of unbranched alkanes of at least 4 members (excludes halogenated alkanes) is 4. The summed E-state index contributed by atoms with van der Waals surface area (Å²) in [7, 11) is 0. The standard InChI is InChI=1S/C17H31NO2/c1-5-6-7-8-9-10-13(2)18-11-17(20)15(4)14(3)16(18)12-19/h13,16-17,19-20H,3-12H2,1-2H3/t13?,16-,17-/m0/s1. The number of likely N-dealkylation sites (tertiary alicyclic amines) is 1. The summed E-state index contributed by atoms with van der Waals surface area (Å²) in [6.07, 6.45) is 6.92. The summed E-state index contributed by atoms with van der Waals surface area (Å²) in [6, 6.07) is 0.268. The fourth-order valence-electron chi connectivity index (χ4n) is 2.98. The second-order valence-corrected chi connectivity index (χ2v) is 6.01. The molecule has 0 spiro atoms. The van der Waals surface area contributed by atoms with Gasteiger partial charge in [-0.15, -0.1) is 0 Å². The lowest BCUT2D eigenvalue weighted by Crippen LogP contribution is -2.53. The number of hydrogen-bond donors (Lipinski definition) is 2. The predicted molar refractivity (Wildman–Crippen MR) is 84.7 cm³/mol. The second kappa shape index (κ2) is 8.60. The van der Waals surface area contributed by atoms with Crippen molar-refractivity contribution in [3.05, 3.63) is 24.3 Å². The van der Waals surface area contributed by atoms with Gasteiger partial charge in [0.25, 0.3) is 0 Å². The van der Waals surface area contributed by atoms with Gasteiger partial charge in [-0.25, -0.2) is 0 Å². The molecule has 1 heterocycles. The topological polar surface area (TPSA) is 43.7 Å². The molecule has 1 aliphatic rings. The van der Waals surface area contributed by atoms with Gasteiger partial charge in [0, 0.05) is 12.6 Å². The van der Waals surface area contributed by atoms with E-state index in [1.165, 1.54) is 32.1 Å². The average molecular weight is 281 g/mol. The maximum absolute atomic E-state index is 10.0. The van der Waals surface area contributed by atoms with Crippen molar-refractivity contribution in [3.63, 3.8) is 0 Å². The van der Waals surface area contributed by atoms with Gasteiger partial charge < -0.3 is 10.2 Å². The quantitative estimate of drug-likeness (QED) is 0.672. The smallest absolute Gasteiger partial charge is 0.0914 e. The molecule has 116 valence electrons. The van der Waals surface area contributed by atoms with E-state index in [0.29, 0.717) is 18.2 Å². The summed E-state index contributed by atoms with van der Waals surface area (Å²) in [5.74, 6) is 0. The molecular formula is C17H31NO2. The summed E-state index contributed by atoms with van der Waals surface area (Å²) in [5, 5.41) is 19.6. The van der Waals surface area contributed by atoms with Crippen molar-refractivity contribution < 1.29 is 10.2 Å². The molecule has 0 bridgehead atoms. The molecule has 0 aromatic rings. The average Bonchev–Trinajstić information content (AvgIpc) is 2.44. The van der Waals surface area contributed by atoms with Gasteiger partial charge in [0.15, 0.2) is 0 Å². The monoisotopic (exact) mass is 281 g/mol. The third-order valence-corrected chi connectivity index (χ3v) is 4.47. The van der Waals surface area contributed by atoms with Crippen molar-refractivity contribution in [2.24, 2.45) is 0 Å². The minimum absolute atomic E-state index is 0.0464. The van der Waals surface area contributed by atoms with Crippen LogP contribution >= 0.6 is 0 Å². The predicted octanol–water partition coefficient (Wildman–Crippen LogP) is 2.89. The lowest BCUT2D eigenvalue weighted by Gasteiger charge is -2.43. The molecule has 0 amide bonds. The first-order valence-corrected chi connectivity index (χ1v) is 7.95. The summed E-state index contributed by atoms with van der Waals surface area (Å²) in [5.41, 5.74) is 1.46. The molecule has 1 fully saturated rings. The zero-order chi connectivity index (χ0) is 15.1. The summed E-state index contributed by atoms with van der Waals surface area (Å²) in [6.45, 7) is 12.9. The first-order valence-electron chi connectivity index (χ1n) is 7.95. The Balaban J connectivity index is 2.50. The van der Waals surface area contributed by atoms with E-state index >= 15 is 0 Å². The molecule has 1 unspecified atom stereocenters. The maximum atomic E-state index is 10.0. The van der Waals surface area contributed by atoms with E-state index in [1.807, 2.05) is 0 Å². The Labute approximate surface area is 124 Å². The molecule has 3 heteroatoms. The number of aliphatic hydroxyl groups excluding tert-OH is 2. The second-order valence-electron chi connectivity index (χ2n) is 6.01. The fourth-order valence-corrected chi connectivity index (χ4v) is 2.98. The molecule has 2 N–H and O–H groups in total. The molecule has 0 aromatic heterocycles. The molecule has 3 atom stereocenters. The Morgan fingerprint density at radius 2 is 1.85 bits per heavy atom. The summed E-state index contributed by atoms with van der Waals surface area (Å²) < 4.78 is 0. The first kappa shape index (κ1) is 17.4. The van der Waals surface area contributed by atoms with Gasteiger partial charge in [-0.2, -0.15) is 0 Å². The number of aliphatic hydroxyl groups is 2. The highest BCUT2D eigenvalue weighted by Crippen LogP contribution is 2.28. The van der Waals surface area contributed by atoms with Crippen LogP contribution in [0.3, 0.4) is 0 Å². The van der Waals surface area contributed by atoms with E-state index in [0.717, 1.165) is 12.0 Å². The zero-order valence-electron chi connectivity index (χ0n) is 13.1. The third-order valence-electron chi connectivity index (χ3n) is 4.47. The highest BCUT2D eigenvalue weighted by Gasteiger charge is 2.34. The highest BCUT2D eigenvalue weighted by atomic mass is 16.3. The molecule has 0 aliphatic carbocycles. The van der Waals surface area contributed by atoms with Gasteiger partial charge in [-0.1, -0.05) is 52.2 Å². The summed E-state index contributed by atoms with van der Waals surface area (Å²) in [4.78, 5) is 2.18. The van der Waals surface area contributed by atoms with E-state index in [9.17, 15) is 10.2 Å². The molecule has 0 aromatic carbocycles. The molecule has 0 radical (unpaired) electrons. The Bertz CT molecular complexity index is 327. The van der Waals surface area contributed by atoms with Gasteiger partial charge in [-0.3, -0.25) is 4.90 Å². The van der Waals surface area contributed by atoms with Crippen LogP contribution in [0.5, 0.6) is 0 Å². The zero-order valence-corrected chi connectivity index (χ0v) is 13.1. The minimum Gasteiger partial charge on any atom is -0.394 e. The van der Waals surface area contributed by atoms with E-state index in [2.05, 4.69) is 31.9 Å². The fraction of sp³-hybridized carbons (Fsp3) is 0.765. The molecule has 1 rings (SSSR count). The number of β-amino-alcohol motifs (C(OH)–C–C–N with tert-alkyl or cyclic N) is 1. The van der Waals surface area contributed by atoms with Crippen LogP contribution < -0.4 is 0 Å². The maximum Gasteiger partial charge on any atom is 0.0914 e. The van der Waals surface area contributed by atoms with Crippen molar-refractivity contribution in [1.29, 1.82) is 0 Å². The molecule has 1 aliphatic heterocycles. The Morgan fingerprint density at radius 3 is 2.45 bits per heavy atom. The van der Waals surface area contributed by atoms with Gasteiger partial charge in [-0.05, 0) is 24.5 Å². The van der Waals surface area contributed by atoms with Crippen LogP contribution in [0, 0.1) is 0 Å². The van der Waals surface area contributed by atoms with Crippen LogP contribution in [0.2, 0.25) is 0 Å². The van der Waals surface area contributed by atoms with E-state index in [1.54, 1.807) is 0 Å². The van der Waals surface area contributed by atoms with Crippen LogP contribution in [-0.4, -0.2) is 46.5 Å². The Kier molecular flexibility index (Phi) is 7.49. The Hall–Kier alpha value is -0.640. The van der Waals surface area contributed by atoms with Crippen molar-refractivity contribution in [3.8, 4) is 0 Å². The van der Waals surface area contributed by atoms with Crippen molar-refractivity contribution in [1.82, 2.24) is 4.90 Å². The van der Waals surface area contributed by atoms with Gasteiger partial charge in [0.05, 0.1) is 18.8 Å². The summed E-state index contributed by atoms with van der Waals surface area (Å²) >= 11 is 0. The largest absolute Gasteiger partial charge is 0.394 e. The van der Waals surface area contributed by atoms with Crippen LogP contribution in [0.15, 0.2) is 24.3 Å². The molecule has 20 heavy (non-hydrogen) atoms. The van der Waals surface area contributed by atoms with Crippen LogP contribution in [0.4, 0.5) is 0 Å². The normalized spacial score (nSPS) is 26.0. The van der Waals surface area contributed by atoms with Gasteiger partial charge >= 0.3 is 0 Å². The van der Waals surface area contributed by atoms with Crippen molar-refractivity contribution >= 4 is 0 Å². The van der Waals surface area contributed by atoms with Crippen molar-refractivity contribution in [2.45, 2.75) is 70.6 Å². The highest BCUT2D eigenvalue weighted by molar-refractivity contribution is 5.36. The van der Waals surface area contributed by atoms with E-state index in [-0.39, 0.29) is 12.6 Å². The molecular weight excluding hydrogens is 250 g/mol. The van der Waals surface area contributed by atoms with E-state index in [4.69, 9.17) is 0 Å². The lowest BCUT2D eigenvalue weighted by atomic mass is 9.89. The molecule has 3 nitrogen and oxygen atoms in total. The van der Waals surface area contributed by atoms with Gasteiger partial charge in [0.2, 0.25) is 0 Å². The number of hydrogen-bond acceptors (Lipinski definition) is 3. The lowest BCUT2D eigenvalue weighted by molar-refractivity contribution is 0.0431. The Morgan fingerprint density at radius 1 is 1.20 bits per heavy atom. The minimum atomic E-state index is -0.548. The van der Waals surface area contributed by atoms with Crippen LogP contribution in [0.25, 0.3) is 0 Å². The third kappa shape index (κ3) is 4.44. The molecule has 0 saturated carbocycles. The number of rotatable bonds is 8. The van der Waals surface area contributed by atoms with Crippen molar-refractivity contribution in [2.75, 3.05) is 13.2 Å². The number of nitrogens with zero attached hydrogens (tertiary/aromatic N) is 1. The van der Waals surface area contributed by atoms with E-state index < -0.39 is 6.10 Å². The number of piperidine rings is 1. The first-order chi connectivity index (χ1) is 9.52. The van der Waals surface area contributed by atoms with Gasteiger partial charge in [0.1, 0.15) is 0 Å². The van der Waals surface area contributed by atoms with Crippen LogP contribution in [-0.2, 0) is 0 Å². The van der Waals surface area contributed by atoms with Crippen LogP contribution in [0.1, 0.15) is 52.4 Å². The SMILES string of the molecule is C=C1C(=C)[C@H](CO)N(C(C)CCCCCCC)C[C@@H]1O. The molecule has 1 saturated heterocycles.